The Morgan fingerprint density at radius 1 is 0.880 bits per heavy atom. The largest absolute Gasteiger partial charge is 0.298 e. The van der Waals surface area contributed by atoms with Crippen molar-refractivity contribution in [2.75, 3.05) is 0 Å². The summed E-state index contributed by atoms with van der Waals surface area (Å²) < 4.78 is 0. The van der Waals surface area contributed by atoms with E-state index >= 15 is 0 Å². The van der Waals surface area contributed by atoms with E-state index in [9.17, 15) is 9.59 Å². The molecule has 0 aliphatic heterocycles. The third-order valence-corrected chi connectivity index (χ3v) is 6.13. The van der Waals surface area contributed by atoms with Gasteiger partial charge in [0.15, 0.2) is 11.6 Å². The van der Waals surface area contributed by atoms with E-state index in [1.807, 2.05) is 44.2 Å². The molecule has 2 aliphatic carbocycles. The Balaban J connectivity index is 1.80. The summed E-state index contributed by atoms with van der Waals surface area (Å²) >= 11 is 6.07. The van der Waals surface area contributed by atoms with Crippen LogP contribution in [0.15, 0.2) is 36.4 Å². The lowest BCUT2D eigenvalue weighted by molar-refractivity contribution is -0.135. The Morgan fingerprint density at radius 3 is 2.20 bits per heavy atom. The Kier molecular flexibility index (Phi) is 4.04. The summed E-state index contributed by atoms with van der Waals surface area (Å²) in [5.41, 5.74) is 5.11. The van der Waals surface area contributed by atoms with Gasteiger partial charge in [-0.1, -0.05) is 29.8 Å². The number of carbonyl (C=O) groups excluding carboxylic acids is 2. The summed E-state index contributed by atoms with van der Waals surface area (Å²) in [6.07, 6.45) is 2.52. The normalized spacial score (nSPS) is 25.5. The molecule has 0 aromatic heterocycles. The fourth-order valence-corrected chi connectivity index (χ4v) is 4.71. The van der Waals surface area contributed by atoms with Crippen molar-refractivity contribution in [2.45, 2.75) is 39.0 Å². The highest BCUT2D eigenvalue weighted by molar-refractivity contribution is 6.30. The zero-order chi connectivity index (χ0) is 17.7. The maximum absolute atomic E-state index is 12.9. The lowest BCUT2D eigenvalue weighted by Gasteiger charge is -2.27. The minimum Gasteiger partial charge on any atom is -0.298 e. The van der Waals surface area contributed by atoms with Crippen LogP contribution in [0.1, 0.15) is 41.9 Å². The zero-order valence-corrected chi connectivity index (χ0v) is 15.3. The highest BCUT2D eigenvalue weighted by Crippen LogP contribution is 2.45. The van der Waals surface area contributed by atoms with Crippen LogP contribution >= 0.6 is 11.6 Å². The number of Topliss-reactive ketones (excluding diaryl/α,β-unsaturated/α-hetero) is 2. The second-order valence-corrected chi connectivity index (χ2v) is 7.91. The highest BCUT2D eigenvalue weighted by Gasteiger charge is 2.47. The number of halogens is 1. The third-order valence-electron chi connectivity index (χ3n) is 5.90. The van der Waals surface area contributed by atoms with Crippen molar-refractivity contribution in [3.8, 4) is 11.1 Å². The first-order chi connectivity index (χ1) is 12.0. The third kappa shape index (κ3) is 2.73. The van der Waals surface area contributed by atoms with Crippen molar-refractivity contribution >= 4 is 23.2 Å². The maximum atomic E-state index is 12.9. The van der Waals surface area contributed by atoms with Crippen LogP contribution in [0.25, 0.3) is 11.1 Å². The lowest BCUT2D eigenvalue weighted by Crippen LogP contribution is -2.35. The van der Waals surface area contributed by atoms with Gasteiger partial charge >= 0.3 is 0 Å². The minimum atomic E-state index is -0.571. The van der Waals surface area contributed by atoms with E-state index in [2.05, 4.69) is 6.07 Å². The SMILES string of the molecule is Cc1cc(Cl)ccc1-c1ccc(C)c(C2C(=O)C3CCC(C3)C2=O)c1. The molecule has 2 saturated carbocycles. The first kappa shape index (κ1) is 16.5. The number of benzene rings is 2. The van der Waals surface area contributed by atoms with E-state index in [4.69, 9.17) is 11.6 Å². The zero-order valence-electron chi connectivity index (χ0n) is 14.5. The van der Waals surface area contributed by atoms with Gasteiger partial charge < -0.3 is 0 Å². The topological polar surface area (TPSA) is 34.1 Å². The van der Waals surface area contributed by atoms with Crippen LogP contribution in [-0.4, -0.2) is 11.6 Å². The van der Waals surface area contributed by atoms with Crippen LogP contribution in [0.3, 0.4) is 0 Å². The van der Waals surface area contributed by atoms with Crippen LogP contribution in [0, 0.1) is 25.7 Å². The van der Waals surface area contributed by atoms with Crippen molar-refractivity contribution < 1.29 is 9.59 Å². The Hall–Kier alpha value is -1.93. The lowest BCUT2D eigenvalue weighted by atomic mass is 9.74. The molecule has 25 heavy (non-hydrogen) atoms. The molecule has 0 heterocycles. The highest BCUT2D eigenvalue weighted by atomic mass is 35.5. The van der Waals surface area contributed by atoms with Gasteiger partial charge in [-0.2, -0.15) is 0 Å². The summed E-state index contributed by atoms with van der Waals surface area (Å²) in [4.78, 5) is 25.7. The van der Waals surface area contributed by atoms with E-state index in [-0.39, 0.29) is 23.4 Å². The molecule has 2 bridgehead atoms. The van der Waals surface area contributed by atoms with Crippen molar-refractivity contribution in [3.05, 3.63) is 58.1 Å². The van der Waals surface area contributed by atoms with Gasteiger partial charge in [-0.25, -0.2) is 0 Å². The molecular weight excluding hydrogens is 332 g/mol. The summed E-state index contributed by atoms with van der Waals surface area (Å²) in [6.45, 7) is 4.02. The molecule has 2 aliphatic rings. The molecule has 2 fully saturated rings. The Morgan fingerprint density at radius 2 is 1.56 bits per heavy atom. The van der Waals surface area contributed by atoms with Gasteiger partial charge in [-0.3, -0.25) is 9.59 Å². The van der Waals surface area contributed by atoms with E-state index in [1.54, 1.807) is 0 Å². The molecule has 2 aromatic carbocycles. The number of aryl methyl sites for hydroxylation is 2. The molecule has 2 atom stereocenters. The van der Waals surface area contributed by atoms with Crippen molar-refractivity contribution in [1.29, 1.82) is 0 Å². The monoisotopic (exact) mass is 352 g/mol. The van der Waals surface area contributed by atoms with Gasteiger partial charge in [0.1, 0.15) is 5.92 Å². The van der Waals surface area contributed by atoms with E-state index < -0.39 is 5.92 Å². The van der Waals surface area contributed by atoms with Gasteiger partial charge in [0.05, 0.1) is 0 Å². The summed E-state index contributed by atoms with van der Waals surface area (Å²) in [7, 11) is 0. The molecule has 2 aromatic rings. The fourth-order valence-electron chi connectivity index (χ4n) is 4.49. The standard InChI is InChI=1S/C22H21ClO2/c1-12-3-4-14(18-8-7-17(23)9-13(18)2)11-19(12)20-21(24)15-5-6-16(10-15)22(20)25/h3-4,7-9,11,15-16,20H,5-6,10H2,1-2H3. The quantitative estimate of drug-likeness (QED) is 0.689. The first-order valence-corrected chi connectivity index (χ1v) is 9.28. The average Bonchev–Trinajstić information content (AvgIpc) is 3.02. The van der Waals surface area contributed by atoms with Crippen LogP contribution in [0.5, 0.6) is 0 Å². The molecule has 0 spiro atoms. The number of hydrogen-bond acceptors (Lipinski definition) is 2. The van der Waals surface area contributed by atoms with Gasteiger partial charge in [0, 0.05) is 16.9 Å². The predicted molar refractivity (Wildman–Crippen MR) is 99.9 cm³/mol. The fraction of sp³-hybridized carbons (Fsp3) is 0.364. The van der Waals surface area contributed by atoms with E-state index in [1.165, 1.54) is 0 Å². The number of ketones is 2. The second kappa shape index (κ2) is 6.10. The molecule has 3 heteroatoms. The number of carbonyl (C=O) groups is 2. The van der Waals surface area contributed by atoms with Gasteiger partial charge in [-0.05, 0) is 79.1 Å². The molecular formula is C22H21ClO2. The van der Waals surface area contributed by atoms with Crippen LogP contribution < -0.4 is 0 Å². The molecule has 0 radical (unpaired) electrons. The molecule has 4 rings (SSSR count). The van der Waals surface area contributed by atoms with E-state index in [0.717, 1.165) is 47.1 Å². The number of rotatable bonds is 2. The first-order valence-electron chi connectivity index (χ1n) is 8.90. The molecule has 0 saturated heterocycles. The summed E-state index contributed by atoms with van der Waals surface area (Å²) in [6, 6.07) is 11.9. The van der Waals surface area contributed by atoms with Crippen molar-refractivity contribution in [1.82, 2.24) is 0 Å². The smallest absolute Gasteiger partial charge is 0.150 e. The van der Waals surface area contributed by atoms with Gasteiger partial charge in [-0.15, -0.1) is 0 Å². The Labute approximate surface area is 153 Å². The van der Waals surface area contributed by atoms with Gasteiger partial charge in [0.2, 0.25) is 0 Å². The second-order valence-electron chi connectivity index (χ2n) is 7.48. The van der Waals surface area contributed by atoms with Crippen molar-refractivity contribution in [2.24, 2.45) is 11.8 Å². The average molecular weight is 353 g/mol. The molecule has 2 unspecified atom stereocenters. The minimum absolute atomic E-state index is 0.0769. The van der Waals surface area contributed by atoms with Gasteiger partial charge in [0.25, 0.3) is 0 Å². The number of fused-ring (bicyclic) bond motifs is 2. The molecule has 0 N–H and O–H groups in total. The van der Waals surface area contributed by atoms with Crippen LogP contribution in [-0.2, 0) is 9.59 Å². The van der Waals surface area contributed by atoms with E-state index in [0.29, 0.717) is 5.02 Å². The van der Waals surface area contributed by atoms with Crippen LogP contribution in [0.4, 0.5) is 0 Å². The van der Waals surface area contributed by atoms with Crippen LogP contribution in [0.2, 0.25) is 5.02 Å². The summed E-state index contributed by atoms with van der Waals surface area (Å²) in [5.74, 6) is -0.154. The number of hydrogen-bond donors (Lipinski definition) is 0. The maximum Gasteiger partial charge on any atom is 0.150 e. The Bertz CT molecular complexity index is 862. The molecule has 128 valence electrons. The molecule has 2 nitrogen and oxygen atoms in total. The molecule has 0 amide bonds. The van der Waals surface area contributed by atoms with Crippen molar-refractivity contribution in [3.63, 3.8) is 0 Å². The predicted octanol–water partition coefficient (Wildman–Crippen LogP) is 5.28. The summed E-state index contributed by atoms with van der Waals surface area (Å²) in [5, 5.41) is 0.711.